The number of anilines is 2. The second-order valence-corrected chi connectivity index (χ2v) is 12.6. The minimum Gasteiger partial charge on any atom is -0.459 e. The standard InChI is InChI=1S/C28H39N9O2S/c1-16-15-32-10-12-37(16)22-13-19(33-27(34-22)39-17(2)20-7-6-11-36(20)4)24(30)35-26(38)28(3)9-5-8-21-23(28)18(14-29)25(31)40-21/h13,16-17,20,32H,5-12,15,31H2,1-4H3,(H2,30,35,38)/t16-,17-,20-,28-/m0/s1. The van der Waals surface area contributed by atoms with Crippen LogP contribution in [-0.2, 0) is 16.6 Å². The fraction of sp³-hybridized carbons (Fsp3) is 0.607. The molecule has 0 unspecified atom stereocenters. The number of aryl methyl sites for hydroxylation is 1. The third-order valence-corrected chi connectivity index (χ3v) is 9.72. The maximum Gasteiger partial charge on any atom is 0.319 e. The van der Waals surface area contributed by atoms with Crippen molar-refractivity contribution in [1.82, 2.24) is 25.5 Å². The lowest BCUT2D eigenvalue weighted by atomic mass is 9.72. The number of nitrogen functional groups attached to an aromatic ring is 1. The number of aromatic nitrogens is 2. The molecule has 1 amide bonds. The third-order valence-electron chi connectivity index (χ3n) is 8.65. The molecule has 3 aliphatic rings. The Balaban J connectivity index is 1.43. The molecule has 12 heteroatoms. The van der Waals surface area contributed by atoms with Crippen LogP contribution in [-0.4, -0.2) is 78.0 Å². The predicted octanol–water partition coefficient (Wildman–Crippen LogP) is 2.39. The molecule has 4 atom stereocenters. The summed E-state index contributed by atoms with van der Waals surface area (Å²) in [5.74, 6) is 0.206. The smallest absolute Gasteiger partial charge is 0.319 e. The van der Waals surface area contributed by atoms with E-state index in [1.807, 2.05) is 13.8 Å². The van der Waals surface area contributed by atoms with Gasteiger partial charge in [-0.3, -0.25) is 15.1 Å². The average Bonchev–Trinajstić information content (AvgIpc) is 3.51. The quantitative estimate of drug-likeness (QED) is 0.305. The van der Waals surface area contributed by atoms with Crippen molar-refractivity contribution in [2.24, 2.45) is 0 Å². The Bertz CT molecular complexity index is 1340. The highest BCUT2D eigenvalue weighted by atomic mass is 32.1. The van der Waals surface area contributed by atoms with E-state index < -0.39 is 5.41 Å². The van der Waals surface area contributed by atoms with Crippen LogP contribution in [0.2, 0.25) is 0 Å². The topological polar surface area (TPSA) is 156 Å². The molecule has 5 N–H and O–H groups in total. The Labute approximate surface area is 239 Å². The van der Waals surface area contributed by atoms with Crippen molar-refractivity contribution < 1.29 is 9.53 Å². The van der Waals surface area contributed by atoms with Gasteiger partial charge in [-0.05, 0) is 66.5 Å². The highest BCUT2D eigenvalue weighted by Gasteiger charge is 2.43. The van der Waals surface area contributed by atoms with Gasteiger partial charge in [-0.25, -0.2) is 0 Å². The molecule has 0 aromatic carbocycles. The summed E-state index contributed by atoms with van der Waals surface area (Å²) in [5.41, 5.74) is 6.53. The summed E-state index contributed by atoms with van der Waals surface area (Å²) in [6.07, 6.45) is 4.20. The lowest BCUT2D eigenvalue weighted by Gasteiger charge is -2.35. The van der Waals surface area contributed by atoms with Gasteiger partial charge in [0.2, 0.25) is 5.91 Å². The van der Waals surface area contributed by atoms with Gasteiger partial charge in [-0.1, -0.05) is 0 Å². The molecule has 2 saturated heterocycles. The molecular weight excluding hydrogens is 526 g/mol. The van der Waals surface area contributed by atoms with Gasteiger partial charge in [0.05, 0.1) is 11.0 Å². The number of hydrogen-bond acceptors (Lipinski definition) is 11. The molecule has 2 aromatic rings. The summed E-state index contributed by atoms with van der Waals surface area (Å²) >= 11 is 1.38. The van der Waals surface area contributed by atoms with Crippen LogP contribution < -0.4 is 26.0 Å². The molecular formula is C28H39N9O2S. The Kier molecular flexibility index (Phi) is 7.99. The van der Waals surface area contributed by atoms with Crippen LogP contribution in [0, 0.1) is 16.7 Å². The Morgan fingerprint density at radius 1 is 1.40 bits per heavy atom. The highest BCUT2D eigenvalue weighted by Crippen LogP contribution is 2.45. The fourth-order valence-electron chi connectivity index (χ4n) is 6.33. The number of hydrogen-bond donors (Lipinski definition) is 4. The number of nitriles is 1. The van der Waals surface area contributed by atoms with Gasteiger partial charge in [0.25, 0.3) is 0 Å². The van der Waals surface area contributed by atoms with Gasteiger partial charge < -0.3 is 26.0 Å². The zero-order valence-electron chi connectivity index (χ0n) is 23.7. The Morgan fingerprint density at radius 3 is 2.90 bits per heavy atom. The Morgan fingerprint density at radius 2 is 2.20 bits per heavy atom. The number of ether oxygens (including phenoxy) is 1. The van der Waals surface area contributed by atoms with Gasteiger partial charge in [0, 0.05) is 48.2 Å². The predicted molar refractivity (Wildman–Crippen MR) is 156 cm³/mol. The van der Waals surface area contributed by atoms with E-state index in [1.165, 1.54) is 11.3 Å². The molecule has 2 aromatic heterocycles. The van der Waals surface area contributed by atoms with Crippen LogP contribution in [0.25, 0.3) is 0 Å². The summed E-state index contributed by atoms with van der Waals surface area (Å²) in [7, 11) is 2.10. The number of fused-ring (bicyclic) bond motifs is 1. The highest BCUT2D eigenvalue weighted by molar-refractivity contribution is 7.16. The molecule has 2 fully saturated rings. The first-order chi connectivity index (χ1) is 19.1. The van der Waals surface area contributed by atoms with Gasteiger partial charge >= 0.3 is 6.01 Å². The minimum absolute atomic E-state index is 0.123. The number of likely N-dealkylation sites (N-methyl/N-ethyl adjacent to an activating group) is 1. The summed E-state index contributed by atoms with van der Waals surface area (Å²) in [5, 5.41) is 25.3. The summed E-state index contributed by atoms with van der Waals surface area (Å²) in [4.78, 5) is 28.5. The van der Waals surface area contributed by atoms with Gasteiger partial charge in [0.1, 0.15) is 28.7 Å². The van der Waals surface area contributed by atoms with Crippen molar-refractivity contribution in [1.29, 1.82) is 10.7 Å². The summed E-state index contributed by atoms with van der Waals surface area (Å²) < 4.78 is 6.28. The normalized spacial score (nSPS) is 25.6. The molecule has 214 valence electrons. The molecule has 0 saturated carbocycles. The van der Waals surface area contributed by atoms with Crippen molar-refractivity contribution in [3.05, 3.63) is 27.8 Å². The van der Waals surface area contributed by atoms with E-state index in [1.54, 1.807) is 6.07 Å². The van der Waals surface area contributed by atoms with Crippen LogP contribution >= 0.6 is 11.3 Å². The van der Waals surface area contributed by atoms with Crippen LogP contribution in [0.15, 0.2) is 6.07 Å². The van der Waals surface area contributed by atoms with E-state index in [9.17, 15) is 10.1 Å². The summed E-state index contributed by atoms with van der Waals surface area (Å²) in [6.45, 7) is 9.42. The van der Waals surface area contributed by atoms with Crippen LogP contribution in [0.3, 0.4) is 0 Å². The minimum atomic E-state index is -0.969. The number of nitrogens with two attached hydrogens (primary N) is 1. The van der Waals surface area contributed by atoms with E-state index >= 15 is 0 Å². The van der Waals surface area contributed by atoms with Gasteiger partial charge in [-0.2, -0.15) is 15.2 Å². The van der Waals surface area contributed by atoms with Gasteiger partial charge in [0.15, 0.2) is 5.84 Å². The largest absolute Gasteiger partial charge is 0.459 e. The number of nitrogens with zero attached hydrogens (tertiary/aromatic N) is 5. The second-order valence-electron chi connectivity index (χ2n) is 11.4. The number of amides is 1. The number of carbonyl (C=O) groups excluding carboxylic acids is 1. The molecule has 0 bridgehead atoms. The van der Waals surface area contributed by atoms with Crippen molar-refractivity contribution in [2.75, 3.05) is 43.9 Å². The number of likely N-dealkylation sites (tertiary alicyclic amines) is 1. The fourth-order valence-corrected chi connectivity index (χ4v) is 7.53. The van der Waals surface area contributed by atoms with Crippen molar-refractivity contribution >= 4 is 33.9 Å². The molecule has 2 aliphatic heterocycles. The molecule has 1 aliphatic carbocycles. The van der Waals surface area contributed by atoms with E-state index in [0.29, 0.717) is 28.4 Å². The average molecular weight is 566 g/mol. The second kappa shape index (κ2) is 11.3. The lowest BCUT2D eigenvalue weighted by Crippen LogP contribution is -2.50. The number of rotatable bonds is 6. The number of carbonyl (C=O) groups is 1. The van der Waals surface area contributed by atoms with Crippen molar-refractivity contribution in [3.8, 4) is 12.1 Å². The lowest BCUT2D eigenvalue weighted by molar-refractivity contribution is -0.125. The molecule has 11 nitrogen and oxygen atoms in total. The first-order valence-corrected chi connectivity index (χ1v) is 14.9. The number of nitrogens with one attached hydrogen (secondary N) is 3. The zero-order chi connectivity index (χ0) is 28.6. The zero-order valence-corrected chi connectivity index (χ0v) is 24.5. The van der Waals surface area contributed by atoms with E-state index in [0.717, 1.165) is 56.7 Å². The maximum absolute atomic E-state index is 13.8. The molecule has 5 rings (SSSR count). The Hall–Kier alpha value is -3.27. The van der Waals surface area contributed by atoms with E-state index in [2.05, 4.69) is 45.5 Å². The summed E-state index contributed by atoms with van der Waals surface area (Å²) in [6, 6.07) is 4.61. The molecule has 40 heavy (non-hydrogen) atoms. The molecule has 0 radical (unpaired) electrons. The first-order valence-electron chi connectivity index (χ1n) is 14.1. The SMILES string of the molecule is C[C@H](Oc1nc(C(=N)NC(=O)[C@@]2(C)CCCc3sc(N)c(C#N)c32)cc(N2CCNC[C@@H]2C)n1)[C@@H]1CCCN1C. The van der Waals surface area contributed by atoms with Gasteiger partial charge in [-0.15, -0.1) is 11.3 Å². The number of amidine groups is 1. The maximum atomic E-state index is 13.8. The van der Waals surface area contributed by atoms with E-state index in [-0.39, 0.29) is 41.6 Å². The van der Waals surface area contributed by atoms with E-state index in [4.69, 9.17) is 20.9 Å². The molecule has 4 heterocycles. The third kappa shape index (κ3) is 5.25. The number of piperazine rings is 1. The number of thiophene rings is 1. The molecule has 0 spiro atoms. The van der Waals surface area contributed by atoms with Crippen molar-refractivity contribution in [2.45, 2.75) is 76.5 Å². The van der Waals surface area contributed by atoms with Crippen LogP contribution in [0.5, 0.6) is 6.01 Å². The van der Waals surface area contributed by atoms with Crippen LogP contribution in [0.1, 0.15) is 68.2 Å². The first kappa shape index (κ1) is 28.3. The van der Waals surface area contributed by atoms with Crippen LogP contribution in [0.4, 0.5) is 10.8 Å². The monoisotopic (exact) mass is 565 g/mol. The van der Waals surface area contributed by atoms with Crippen molar-refractivity contribution in [3.63, 3.8) is 0 Å².